The first-order chi connectivity index (χ1) is 8.13. The maximum absolute atomic E-state index is 12.0. The molecule has 0 radical (unpaired) electrons. The van der Waals surface area contributed by atoms with Crippen LogP contribution in [0.25, 0.3) is 0 Å². The molecule has 0 aromatic carbocycles. The lowest BCUT2D eigenvalue weighted by Crippen LogP contribution is -2.32. The van der Waals surface area contributed by atoms with E-state index in [0.717, 1.165) is 0 Å². The summed E-state index contributed by atoms with van der Waals surface area (Å²) in [5.74, 6) is -1.09. The van der Waals surface area contributed by atoms with Gasteiger partial charge in [0.1, 0.15) is 5.76 Å². The van der Waals surface area contributed by atoms with Crippen LogP contribution in [0.5, 0.6) is 0 Å². The Bertz CT molecular complexity index is 412. The van der Waals surface area contributed by atoms with Crippen LogP contribution in [0.1, 0.15) is 19.1 Å². The zero-order valence-corrected chi connectivity index (χ0v) is 9.63. The van der Waals surface area contributed by atoms with Gasteiger partial charge in [-0.2, -0.15) is 0 Å². The van der Waals surface area contributed by atoms with Crippen LogP contribution in [0.4, 0.5) is 0 Å². The van der Waals surface area contributed by atoms with Crippen molar-refractivity contribution < 1.29 is 19.1 Å². The zero-order chi connectivity index (χ0) is 12.4. The molecule has 0 aliphatic heterocycles. The Labute approximate surface area is 99.0 Å². The third-order valence-electron chi connectivity index (χ3n) is 3.05. The van der Waals surface area contributed by atoms with Gasteiger partial charge in [0.05, 0.1) is 24.6 Å². The third-order valence-corrected chi connectivity index (χ3v) is 3.05. The Morgan fingerprint density at radius 2 is 2.29 bits per heavy atom. The molecule has 1 heterocycles. The van der Waals surface area contributed by atoms with Crippen molar-refractivity contribution in [1.29, 1.82) is 0 Å². The number of hydrogen-bond acceptors (Lipinski definition) is 3. The first-order valence-electron chi connectivity index (χ1n) is 5.67. The Morgan fingerprint density at radius 1 is 1.53 bits per heavy atom. The average molecular weight is 237 g/mol. The van der Waals surface area contributed by atoms with E-state index in [1.165, 1.54) is 0 Å². The maximum Gasteiger partial charge on any atom is 0.307 e. The lowest BCUT2D eigenvalue weighted by atomic mass is 10.2. The molecule has 1 aliphatic rings. The molecule has 2 rings (SSSR count). The molecule has 1 amide bonds. The quantitative estimate of drug-likeness (QED) is 0.839. The van der Waals surface area contributed by atoms with Crippen LogP contribution in [0.15, 0.2) is 22.8 Å². The molecule has 1 fully saturated rings. The Kier molecular flexibility index (Phi) is 3.17. The van der Waals surface area contributed by atoms with Crippen molar-refractivity contribution in [3.8, 4) is 0 Å². The number of furan rings is 1. The molecule has 0 bridgehead atoms. The van der Waals surface area contributed by atoms with Gasteiger partial charge in [-0.15, -0.1) is 0 Å². The second kappa shape index (κ2) is 4.61. The fraction of sp³-hybridized carbons (Fsp3) is 0.500. The lowest BCUT2D eigenvalue weighted by Gasteiger charge is -2.19. The van der Waals surface area contributed by atoms with Crippen LogP contribution in [0.2, 0.25) is 0 Å². The summed E-state index contributed by atoms with van der Waals surface area (Å²) in [7, 11) is 0. The summed E-state index contributed by atoms with van der Waals surface area (Å²) in [6.45, 7) is 2.84. The van der Waals surface area contributed by atoms with Gasteiger partial charge < -0.3 is 14.4 Å². The van der Waals surface area contributed by atoms with E-state index in [1.54, 1.807) is 23.3 Å². The van der Waals surface area contributed by atoms with Crippen molar-refractivity contribution in [3.05, 3.63) is 24.2 Å². The van der Waals surface area contributed by atoms with Crippen molar-refractivity contribution in [2.45, 2.75) is 19.9 Å². The Balaban J connectivity index is 1.95. The van der Waals surface area contributed by atoms with Crippen LogP contribution >= 0.6 is 0 Å². The van der Waals surface area contributed by atoms with Crippen LogP contribution in [-0.2, 0) is 16.1 Å². The highest BCUT2D eigenvalue weighted by molar-refractivity contribution is 5.89. The van der Waals surface area contributed by atoms with Crippen molar-refractivity contribution in [3.63, 3.8) is 0 Å². The molecular weight excluding hydrogens is 222 g/mol. The van der Waals surface area contributed by atoms with Gasteiger partial charge in [-0.05, 0) is 25.5 Å². The van der Waals surface area contributed by atoms with Gasteiger partial charge in [-0.1, -0.05) is 0 Å². The standard InChI is InChI=1S/C12H15NO4/c1-2-13(7-8-4-3-5-17-8)11(14)9-6-10(9)12(15)16/h3-5,9-10H,2,6-7H2,1H3,(H,15,16)/t9-,10+/m1/s1. The summed E-state index contributed by atoms with van der Waals surface area (Å²) in [5.41, 5.74) is 0. The van der Waals surface area contributed by atoms with Crippen LogP contribution < -0.4 is 0 Å². The first kappa shape index (κ1) is 11.7. The van der Waals surface area contributed by atoms with Crippen molar-refractivity contribution in [1.82, 2.24) is 4.90 Å². The van der Waals surface area contributed by atoms with E-state index in [9.17, 15) is 9.59 Å². The van der Waals surface area contributed by atoms with Gasteiger partial charge in [0.25, 0.3) is 0 Å². The topological polar surface area (TPSA) is 70.8 Å². The minimum absolute atomic E-state index is 0.0868. The lowest BCUT2D eigenvalue weighted by molar-refractivity contribution is -0.142. The average Bonchev–Trinajstić information content (AvgIpc) is 2.96. The number of carboxylic acids is 1. The largest absolute Gasteiger partial charge is 0.481 e. The predicted octanol–water partition coefficient (Wildman–Crippen LogP) is 1.35. The SMILES string of the molecule is CCN(Cc1ccco1)C(=O)[C@@H]1C[C@@H]1C(=O)O. The van der Waals surface area contributed by atoms with Gasteiger partial charge in [0.15, 0.2) is 0 Å². The number of carbonyl (C=O) groups excluding carboxylic acids is 1. The zero-order valence-electron chi connectivity index (χ0n) is 9.63. The summed E-state index contributed by atoms with van der Waals surface area (Å²) in [4.78, 5) is 24.3. The molecule has 0 saturated heterocycles. The molecule has 1 N–H and O–H groups in total. The third kappa shape index (κ3) is 2.49. The van der Waals surface area contributed by atoms with Crippen molar-refractivity contribution >= 4 is 11.9 Å². The summed E-state index contributed by atoms with van der Waals surface area (Å²) >= 11 is 0. The number of nitrogens with zero attached hydrogens (tertiary/aromatic N) is 1. The van der Waals surface area contributed by atoms with E-state index in [-0.39, 0.29) is 11.8 Å². The highest BCUT2D eigenvalue weighted by Gasteiger charge is 2.49. The first-order valence-corrected chi connectivity index (χ1v) is 5.67. The molecule has 2 atom stereocenters. The fourth-order valence-electron chi connectivity index (χ4n) is 1.91. The van der Waals surface area contributed by atoms with Gasteiger partial charge in [0.2, 0.25) is 5.91 Å². The van der Waals surface area contributed by atoms with Crippen molar-refractivity contribution in [2.75, 3.05) is 6.54 Å². The summed E-state index contributed by atoms with van der Waals surface area (Å²) in [5, 5.41) is 8.79. The minimum atomic E-state index is -0.877. The molecular formula is C12H15NO4. The number of amides is 1. The number of aliphatic carboxylic acids is 1. The van der Waals surface area contributed by atoms with E-state index in [0.29, 0.717) is 25.3 Å². The van der Waals surface area contributed by atoms with Gasteiger partial charge in [0, 0.05) is 6.54 Å². The molecule has 1 saturated carbocycles. The van der Waals surface area contributed by atoms with E-state index in [4.69, 9.17) is 9.52 Å². The normalized spacial score (nSPS) is 22.2. The molecule has 1 aliphatic carbocycles. The van der Waals surface area contributed by atoms with E-state index >= 15 is 0 Å². The molecule has 5 nitrogen and oxygen atoms in total. The van der Waals surface area contributed by atoms with Crippen LogP contribution in [0, 0.1) is 11.8 Å². The van der Waals surface area contributed by atoms with Crippen molar-refractivity contribution in [2.24, 2.45) is 11.8 Å². The maximum atomic E-state index is 12.0. The summed E-state index contributed by atoms with van der Waals surface area (Å²) < 4.78 is 5.18. The molecule has 0 spiro atoms. The highest BCUT2D eigenvalue weighted by atomic mass is 16.4. The Hall–Kier alpha value is -1.78. The number of carboxylic acid groups (broad SMARTS) is 1. The highest BCUT2D eigenvalue weighted by Crippen LogP contribution is 2.40. The minimum Gasteiger partial charge on any atom is -0.481 e. The summed E-state index contributed by atoms with van der Waals surface area (Å²) in [6.07, 6.45) is 2.02. The predicted molar refractivity (Wildman–Crippen MR) is 59.0 cm³/mol. The molecule has 17 heavy (non-hydrogen) atoms. The molecule has 92 valence electrons. The molecule has 5 heteroatoms. The van der Waals surface area contributed by atoms with Gasteiger partial charge in [-0.25, -0.2) is 0 Å². The van der Waals surface area contributed by atoms with E-state index < -0.39 is 11.9 Å². The second-order valence-corrected chi connectivity index (χ2v) is 4.22. The number of carbonyl (C=O) groups is 2. The molecule has 1 aromatic rings. The smallest absolute Gasteiger partial charge is 0.307 e. The van der Waals surface area contributed by atoms with Gasteiger partial charge in [-0.3, -0.25) is 9.59 Å². The van der Waals surface area contributed by atoms with Crippen LogP contribution in [-0.4, -0.2) is 28.4 Å². The molecule has 1 aromatic heterocycles. The fourth-order valence-corrected chi connectivity index (χ4v) is 1.91. The second-order valence-electron chi connectivity index (χ2n) is 4.22. The number of hydrogen-bond donors (Lipinski definition) is 1. The van der Waals surface area contributed by atoms with Gasteiger partial charge >= 0.3 is 5.97 Å². The van der Waals surface area contributed by atoms with E-state index in [1.807, 2.05) is 6.92 Å². The summed E-state index contributed by atoms with van der Waals surface area (Å²) in [6, 6.07) is 3.57. The molecule has 0 unspecified atom stereocenters. The monoisotopic (exact) mass is 237 g/mol. The van der Waals surface area contributed by atoms with Crippen LogP contribution in [0.3, 0.4) is 0 Å². The number of rotatable bonds is 5. The van der Waals surface area contributed by atoms with E-state index in [2.05, 4.69) is 0 Å². The Morgan fingerprint density at radius 3 is 2.76 bits per heavy atom.